The molecule has 69 heavy (non-hydrogen) atoms. The number of rotatable bonds is 6. The van der Waals surface area contributed by atoms with E-state index in [1.165, 1.54) is 122 Å². The van der Waals surface area contributed by atoms with E-state index in [1.54, 1.807) is 0 Å². The molecule has 0 bridgehead atoms. The Morgan fingerprint density at radius 1 is 0.217 bits per heavy atom. The molecule has 0 heteroatoms. The molecule has 12 rings (SSSR count). The van der Waals surface area contributed by atoms with Crippen molar-refractivity contribution in [2.24, 2.45) is 0 Å². The van der Waals surface area contributed by atoms with Gasteiger partial charge >= 0.3 is 0 Å². The number of benzene rings is 10. The van der Waals surface area contributed by atoms with Gasteiger partial charge in [0.2, 0.25) is 0 Å². The molecule has 0 unspecified atom stereocenters. The summed E-state index contributed by atoms with van der Waals surface area (Å²) >= 11 is 0. The summed E-state index contributed by atoms with van der Waals surface area (Å²) in [6.45, 7) is 13.7. The van der Waals surface area contributed by atoms with Crippen molar-refractivity contribution in [2.45, 2.75) is 57.8 Å². The Hall–Kier alpha value is -7.80. The highest BCUT2D eigenvalue weighted by Crippen LogP contribution is 2.64. The Balaban J connectivity index is 1.10. The zero-order chi connectivity index (χ0) is 47.1. The first kappa shape index (κ1) is 42.5. The van der Waals surface area contributed by atoms with Crippen LogP contribution in [-0.4, -0.2) is 0 Å². The minimum Gasteiger partial charge on any atom is -0.0622 e. The molecule has 2 aliphatic carbocycles. The molecule has 0 saturated carbocycles. The molecule has 0 nitrogen and oxygen atoms in total. The lowest BCUT2D eigenvalue weighted by Gasteiger charge is -2.32. The zero-order valence-electron chi connectivity index (χ0n) is 40.4. The van der Waals surface area contributed by atoms with E-state index < -0.39 is 5.41 Å². The molecule has 332 valence electrons. The number of hydrogen-bond donors (Lipinski definition) is 0. The second kappa shape index (κ2) is 16.2. The standard InChI is InChI=1S/C69H56/c1-67(2,3)57-33-25-51(26-34-57)55-31-39-61-62-40-32-56(52-27-35-58(36-28-52)68(4,5)6)44-66(62)69(65(61)43-55)63-41-53(49-21-17-47(18-22-49)45-13-9-7-10-14-45)29-37-59(63)60-38-30-54(42-64(60)69)50-23-19-48(20-24-50)46-15-11-8-12-16-46/h7-44H,1-6H3. The molecule has 0 fully saturated rings. The Bertz CT molecular complexity index is 3300. The fourth-order valence-electron chi connectivity index (χ4n) is 11.2. The van der Waals surface area contributed by atoms with Crippen LogP contribution in [0.3, 0.4) is 0 Å². The van der Waals surface area contributed by atoms with E-state index in [1.807, 2.05) is 0 Å². The summed E-state index contributed by atoms with van der Waals surface area (Å²) in [5.41, 5.74) is 27.4. The predicted octanol–water partition coefficient (Wildman–Crippen LogP) is 18.6. The van der Waals surface area contributed by atoms with Crippen molar-refractivity contribution in [1.82, 2.24) is 0 Å². The summed E-state index contributed by atoms with van der Waals surface area (Å²) < 4.78 is 0. The third-order valence-corrected chi connectivity index (χ3v) is 15.1. The van der Waals surface area contributed by atoms with Gasteiger partial charge < -0.3 is 0 Å². The van der Waals surface area contributed by atoms with Crippen molar-refractivity contribution in [3.05, 3.63) is 264 Å². The normalized spacial score (nSPS) is 13.2. The SMILES string of the molecule is CC(C)(C)c1ccc(-c2ccc3c(c2)C2(c4cc(-c5ccc(-c6ccccc6)cc5)ccc4-c4ccc(-c5ccc(-c6ccccc6)cc5)cc42)c2cc(-c4ccc(C(C)(C)C)cc4)ccc2-3)cc1. The van der Waals surface area contributed by atoms with Crippen molar-refractivity contribution in [1.29, 1.82) is 0 Å². The van der Waals surface area contributed by atoms with Gasteiger partial charge in [-0.1, -0.05) is 248 Å². The Morgan fingerprint density at radius 2 is 0.420 bits per heavy atom. The highest BCUT2D eigenvalue weighted by molar-refractivity contribution is 5.98. The van der Waals surface area contributed by atoms with Gasteiger partial charge in [-0.05, 0) is 157 Å². The van der Waals surface area contributed by atoms with Gasteiger partial charge in [-0.2, -0.15) is 0 Å². The van der Waals surface area contributed by atoms with Crippen LogP contribution in [-0.2, 0) is 16.2 Å². The molecule has 0 aromatic heterocycles. The van der Waals surface area contributed by atoms with Crippen LogP contribution in [0, 0.1) is 0 Å². The van der Waals surface area contributed by atoms with E-state index >= 15 is 0 Å². The maximum atomic E-state index is 2.53. The number of hydrogen-bond acceptors (Lipinski definition) is 0. The largest absolute Gasteiger partial charge is 0.0726 e. The molecule has 0 aliphatic heterocycles. The van der Waals surface area contributed by atoms with Crippen molar-refractivity contribution in [2.75, 3.05) is 0 Å². The average molecular weight is 885 g/mol. The minimum absolute atomic E-state index is 0.0728. The molecule has 1 spiro atoms. The predicted molar refractivity (Wildman–Crippen MR) is 293 cm³/mol. The summed E-state index contributed by atoms with van der Waals surface area (Å²) in [5, 5.41) is 0. The Kier molecular flexibility index (Phi) is 9.98. The van der Waals surface area contributed by atoms with E-state index in [4.69, 9.17) is 0 Å². The number of fused-ring (bicyclic) bond motifs is 10. The minimum atomic E-state index is -0.599. The highest BCUT2D eigenvalue weighted by atomic mass is 14.5. The molecular formula is C69H56. The van der Waals surface area contributed by atoms with Gasteiger partial charge in [0.1, 0.15) is 0 Å². The molecule has 0 radical (unpaired) electrons. The summed E-state index contributed by atoms with van der Waals surface area (Å²) in [4.78, 5) is 0. The van der Waals surface area contributed by atoms with E-state index in [0.29, 0.717) is 0 Å². The van der Waals surface area contributed by atoms with Crippen molar-refractivity contribution < 1.29 is 0 Å². The molecule has 10 aromatic rings. The lowest BCUT2D eigenvalue weighted by atomic mass is 9.69. The molecule has 0 saturated heterocycles. The van der Waals surface area contributed by atoms with Gasteiger partial charge in [-0.25, -0.2) is 0 Å². The van der Waals surface area contributed by atoms with E-state index in [0.717, 1.165) is 0 Å². The third-order valence-electron chi connectivity index (χ3n) is 15.1. The lowest BCUT2D eigenvalue weighted by Crippen LogP contribution is -2.26. The first-order chi connectivity index (χ1) is 33.4. The summed E-state index contributed by atoms with van der Waals surface area (Å²) in [6, 6.07) is 87.3. The summed E-state index contributed by atoms with van der Waals surface area (Å²) in [5.74, 6) is 0. The van der Waals surface area contributed by atoms with Gasteiger partial charge in [0.15, 0.2) is 0 Å². The van der Waals surface area contributed by atoms with E-state index in [2.05, 4.69) is 272 Å². The summed E-state index contributed by atoms with van der Waals surface area (Å²) in [7, 11) is 0. The Labute approximate surface area is 408 Å². The van der Waals surface area contributed by atoms with Crippen molar-refractivity contribution in [3.8, 4) is 89.0 Å². The monoisotopic (exact) mass is 884 g/mol. The maximum Gasteiger partial charge on any atom is 0.0726 e. The molecule has 0 amide bonds. The maximum absolute atomic E-state index is 2.53. The van der Waals surface area contributed by atoms with Crippen LogP contribution in [0.4, 0.5) is 0 Å². The fraction of sp³-hybridized carbons (Fsp3) is 0.130. The van der Waals surface area contributed by atoms with Crippen LogP contribution in [0.5, 0.6) is 0 Å². The molecule has 0 heterocycles. The van der Waals surface area contributed by atoms with Crippen molar-refractivity contribution in [3.63, 3.8) is 0 Å². The molecule has 10 aromatic carbocycles. The second-order valence-corrected chi connectivity index (χ2v) is 21.3. The first-order valence-corrected chi connectivity index (χ1v) is 24.6. The van der Waals surface area contributed by atoms with Gasteiger partial charge in [0, 0.05) is 0 Å². The van der Waals surface area contributed by atoms with Gasteiger partial charge in [-0.3, -0.25) is 0 Å². The molecular weight excluding hydrogens is 829 g/mol. The third kappa shape index (κ3) is 7.21. The van der Waals surface area contributed by atoms with Crippen LogP contribution in [0.15, 0.2) is 231 Å². The van der Waals surface area contributed by atoms with E-state index in [-0.39, 0.29) is 10.8 Å². The van der Waals surface area contributed by atoms with Crippen molar-refractivity contribution >= 4 is 0 Å². The summed E-state index contributed by atoms with van der Waals surface area (Å²) in [6.07, 6.45) is 0. The van der Waals surface area contributed by atoms with Gasteiger partial charge in [0.25, 0.3) is 0 Å². The molecule has 0 atom stereocenters. The van der Waals surface area contributed by atoms with Crippen LogP contribution in [0.1, 0.15) is 74.9 Å². The van der Waals surface area contributed by atoms with Gasteiger partial charge in [0.05, 0.1) is 5.41 Å². The first-order valence-electron chi connectivity index (χ1n) is 24.6. The molecule has 0 N–H and O–H groups in total. The van der Waals surface area contributed by atoms with Crippen LogP contribution >= 0.6 is 0 Å². The smallest absolute Gasteiger partial charge is 0.0622 e. The average Bonchev–Trinajstić information content (AvgIpc) is 3.84. The zero-order valence-corrected chi connectivity index (χ0v) is 40.4. The topological polar surface area (TPSA) is 0 Å². The molecule has 2 aliphatic rings. The lowest BCUT2D eigenvalue weighted by molar-refractivity contribution is 0.590. The Morgan fingerprint density at radius 3 is 0.667 bits per heavy atom. The van der Waals surface area contributed by atoms with E-state index in [9.17, 15) is 0 Å². The second-order valence-electron chi connectivity index (χ2n) is 21.3. The van der Waals surface area contributed by atoms with Gasteiger partial charge in [-0.15, -0.1) is 0 Å². The fourth-order valence-corrected chi connectivity index (χ4v) is 11.2. The highest BCUT2D eigenvalue weighted by Gasteiger charge is 2.52. The van der Waals surface area contributed by atoms with Crippen LogP contribution < -0.4 is 0 Å². The van der Waals surface area contributed by atoms with Crippen LogP contribution in [0.2, 0.25) is 0 Å². The quantitative estimate of drug-likeness (QED) is 0.156. The van der Waals surface area contributed by atoms with Crippen LogP contribution in [0.25, 0.3) is 89.0 Å².